The van der Waals surface area contributed by atoms with Crippen LogP contribution in [-0.4, -0.2) is 65.0 Å². The molecule has 2 aliphatic heterocycles. The Hall–Kier alpha value is -3.40. The van der Waals surface area contributed by atoms with Crippen LogP contribution in [0.4, 0.5) is 14.5 Å². The molecule has 10 heteroatoms. The molecule has 4 heterocycles. The van der Waals surface area contributed by atoms with E-state index < -0.39 is 17.2 Å². The van der Waals surface area contributed by atoms with Crippen LogP contribution in [0.25, 0.3) is 10.9 Å². The zero-order valence-electron chi connectivity index (χ0n) is 18.9. The number of aromatic amines is 1. The fourth-order valence-corrected chi connectivity index (χ4v) is 5.05. The highest BCUT2D eigenvalue weighted by molar-refractivity contribution is 5.92. The summed E-state index contributed by atoms with van der Waals surface area (Å²) in [5.74, 6) is -1.83. The lowest BCUT2D eigenvalue weighted by Crippen LogP contribution is -2.44. The highest BCUT2D eigenvalue weighted by atomic mass is 19.2. The zero-order chi connectivity index (χ0) is 23.8. The Morgan fingerprint density at radius 1 is 1.12 bits per heavy atom. The van der Waals surface area contributed by atoms with Crippen molar-refractivity contribution >= 4 is 22.5 Å². The summed E-state index contributed by atoms with van der Waals surface area (Å²) in [5.41, 5.74) is 0.949. The number of likely N-dealkylation sites (tertiary alicyclic amines) is 1. The van der Waals surface area contributed by atoms with Gasteiger partial charge in [0.15, 0.2) is 11.6 Å². The number of nitrogens with one attached hydrogen (secondary N) is 2. The number of halogens is 2. The number of rotatable bonds is 4. The number of nitrogens with zero attached hydrogens (tertiary/aromatic N) is 4. The van der Waals surface area contributed by atoms with E-state index >= 15 is 0 Å². The molecular weight excluding hydrogens is 442 g/mol. The topological polar surface area (TPSA) is 94.2 Å². The van der Waals surface area contributed by atoms with Crippen molar-refractivity contribution in [2.75, 3.05) is 38.1 Å². The largest absolute Gasteiger partial charge is 0.370 e. The third kappa shape index (κ3) is 4.13. The second kappa shape index (κ2) is 9.09. The maximum absolute atomic E-state index is 14.0. The number of piperidine rings is 1. The first-order chi connectivity index (χ1) is 16.4. The number of amides is 1. The molecule has 2 saturated heterocycles. The van der Waals surface area contributed by atoms with Gasteiger partial charge in [-0.05, 0) is 50.1 Å². The number of H-pyrrole nitrogens is 1. The van der Waals surface area contributed by atoms with Crippen LogP contribution in [0, 0.1) is 11.6 Å². The van der Waals surface area contributed by atoms with E-state index in [2.05, 4.69) is 30.1 Å². The van der Waals surface area contributed by atoms with Crippen molar-refractivity contribution in [1.82, 2.24) is 25.2 Å². The molecule has 1 aromatic carbocycles. The summed E-state index contributed by atoms with van der Waals surface area (Å²) >= 11 is 0. The Kier molecular flexibility index (Phi) is 5.99. The van der Waals surface area contributed by atoms with Crippen molar-refractivity contribution in [3.8, 4) is 0 Å². The average Bonchev–Trinajstić information content (AvgIpc) is 3.36. The van der Waals surface area contributed by atoms with Crippen LogP contribution in [-0.2, 0) is 0 Å². The molecule has 5 rings (SSSR count). The highest BCUT2D eigenvalue weighted by Gasteiger charge is 2.33. The van der Waals surface area contributed by atoms with Gasteiger partial charge in [-0.1, -0.05) is 0 Å². The number of hydrogen-bond donors (Lipinski definition) is 2. The first-order valence-corrected chi connectivity index (χ1v) is 11.5. The van der Waals surface area contributed by atoms with Crippen LogP contribution in [0.1, 0.15) is 41.5 Å². The van der Waals surface area contributed by atoms with Crippen LogP contribution >= 0.6 is 0 Å². The molecule has 1 atom stereocenters. The summed E-state index contributed by atoms with van der Waals surface area (Å²) in [4.78, 5) is 40.2. The van der Waals surface area contributed by atoms with E-state index in [4.69, 9.17) is 0 Å². The van der Waals surface area contributed by atoms with Gasteiger partial charge in [-0.25, -0.2) is 18.7 Å². The number of carbonyl (C=O) groups is 1. The smallest absolute Gasteiger partial charge is 0.269 e. The van der Waals surface area contributed by atoms with Crippen molar-refractivity contribution in [1.29, 1.82) is 0 Å². The van der Waals surface area contributed by atoms with E-state index in [0.29, 0.717) is 17.6 Å². The van der Waals surface area contributed by atoms with Crippen LogP contribution in [0.15, 0.2) is 35.3 Å². The lowest BCUT2D eigenvalue weighted by atomic mass is 10.0. The minimum Gasteiger partial charge on any atom is -0.370 e. The molecule has 1 unspecified atom stereocenters. The molecule has 2 N–H and O–H groups in total. The van der Waals surface area contributed by atoms with Crippen molar-refractivity contribution in [2.24, 2.45) is 0 Å². The summed E-state index contributed by atoms with van der Waals surface area (Å²) in [6, 6.07) is 6.45. The standard InChI is InChI=1S/C24H26F2N6O2/c1-27-23(33)19-4-2-16(12-28-19)31-10-7-15(8-11-31)32-9-6-14(13-32)22-29-18-5-3-17(25)21(26)20(18)24(34)30-22/h2-5,12,14-15H,6-11,13H2,1H3,(H,27,33)(H,29,30,34). The van der Waals surface area contributed by atoms with Gasteiger partial charge in [-0.3, -0.25) is 14.5 Å². The maximum atomic E-state index is 14.0. The maximum Gasteiger partial charge on any atom is 0.269 e. The number of fused-ring (bicyclic) bond motifs is 1. The Bertz CT molecular complexity index is 1270. The molecular formula is C24H26F2N6O2. The molecule has 0 radical (unpaired) electrons. The van der Waals surface area contributed by atoms with Gasteiger partial charge in [0.1, 0.15) is 16.9 Å². The molecule has 3 aromatic rings. The monoisotopic (exact) mass is 468 g/mol. The van der Waals surface area contributed by atoms with Gasteiger partial charge in [0.25, 0.3) is 11.5 Å². The number of anilines is 1. The molecule has 1 amide bonds. The van der Waals surface area contributed by atoms with E-state index in [1.54, 1.807) is 19.3 Å². The molecule has 178 valence electrons. The van der Waals surface area contributed by atoms with Crippen LogP contribution in [0.3, 0.4) is 0 Å². The predicted octanol–water partition coefficient (Wildman–Crippen LogP) is 2.41. The second-order valence-corrected chi connectivity index (χ2v) is 8.89. The fraction of sp³-hybridized carbons (Fsp3) is 0.417. The number of carbonyl (C=O) groups excluding carboxylic acids is 1. The van der Waals surface area contributed by atoms with E-state index in [9.17, 15) is 18.4 Å². The van der Waals surface area contributed by atoms with Crippen molar-refractivity contribution < 1.29 is 13.6 Å². The Morgan fingerprint density at radius 2 is 1.91 bits per heavy atom. The van der Waals surface area contributed by atoms with Crippen LogP contribution in [0.5, 0.6) is 0 Å². The highest BCUT2D eigenvalue weighted by Crippen LogP contribution is 2.30. The van der Waals surface area contributed by atoms with Gasteiger partial charge in [0, 0.05) is 38.6 Å². The lowest BCUT2D eigenvalue weighted by Gasteiger charge is -2.37. The van der Waals surface area contributed by atoms with E-state index in [-0.39, 0.29) is 22.7 Å². The number of aromatic nitrogens is 3. The molecule has 2 aromatic heterocycles. The molecule has 2 aliphatic rings. The van der Waals surface area contributed by atoms with Crippen molar-refractivity contribution in [3.63, 3.8) is 0 Å². The predicted molar refractivity (Wildman–Crippen MR) is 124 cm³/mol. The minimum absolute atomic E-state index is 0.0460. The summed E-state index contributed by atoms with van der Waals surface area (Å²) in [6.07, 6.45) is 4.59. The van der Waals surface area contributed by atoms with Crippen LogP contribution < -0.4 is 15.8 Å². The van der Waals surface area contributed by atoms with Crippen molar-refractivity contribution in [2.45, 2.75) is 31.2 Å². The average molecular weight is 469 g/mol. The van der Waals surface area contributed by atoms with Gasteiger partial charge in [0.2, 0.25) is 0 Å². The zero-order valence-corrected chi connectivity index (χ0v) is 18.9. The Balaban J connectivity index is 1.22. The quantitative estimate of drug-likeness (QED) is 0.611. The van der Waals surface area contributed by atoms with Gasteiger partial charge in [0.05, 0.1) is 17.4 Å². The summed E-state index contributed by atoms with van der Waals surface area (Å²) in [5, 5.41) is 2.24. The molecule has 0 saturated carbocycles. The van der Waals surface area contributed by atoms with Gasteiger partial charge in [-0.15, -0.1) is 0 Å². The fourth-order valence-electron chi connectivity index (χ4n) is 5.05. The Morgan fingerprint density at radius 3 is 2.62 bits per heavy atom. The molecule has 0 bridgehead atoms. The first-order valence-electron chi connectivity index (χ1n) is 11.5. The summed E-state index contributed by atoms with van der Waals surface area (Å²) < 4.78 is 27.5. The first kappa shape index (κ1) is 22.4. The number of pyridine rings is 1. The Labute approximate surface area is 195 Å². The summed E-state index contributed by atoms with van der Waals surface area (Å²) in [6.45, 7) is 3.45. The van der Waals surface area contributed by atoms with Crippen molar-refractivity contribution in [3.05, 3.63) is 64.0 Å². The second-order valence-electron chi connectivity index (χ2n) is 8.89. The van der Waals surface area contributed by atoms with Gasteiger partial charge < -0.3 is 15.2 Å². The van der Waals surface area contributed by atoms with Gasteiger partial charge in [-0.2, -0.15) is 0 Å². The van der Waals surface area contributed by atoms with Crippen LogP contribution in [0.2, 0.25) is 0 Å². The summed E-state index contributed by atoms with van der Waals surface area (Å²) in [7, 11) is 1.58. The third-order valence-corrected chi connectivity index (χ3v) is 6.94. The molecule has 2 fully saturated rings. The minimum atomic E-state index is -1.16. The molecule has 8 nitrogen and oxygen atoms in total. The van der Waals surface area contributed by atoms with E-state index in [1.165, 1.54) is 6.07 Å². The third-order valence-electron chi connectivity index (χ3n) is 6.94. The van der Waals surface area contributed by atoms with E-state index in [0.717, 1.165) is 57.2 Å². The van der Waals surface area contributed by atoms with Gasteiger partial charge >= 0.3 is 0 Å². The molecule has 34 heavy (non-hydrogen) atoms. The lowest BCUT2D eigenvalue weighted by molar-refractivity contribution is 0.0958. The number of benzene rings is 1. The molecule has 0 spiro atoms. The van der Waals surface area contributed by atoms with E-state index in [1.807, 2.05) is 6.07 Å². The molecule has 0 aliphatic carbocycles. The number of hydrogen-bond acceptors (Lipinski definition) is 6. The normalized spacial score (nSPS) is 19.6. The SMILES string of the molecule is CNC(=O)c1ccc(N2CCC(N3CCC(c4nc5ccc(F)c(F)c5c(=O)[nH]4)C3)CC2)cn1.